The third kappa shape index (κ3) is 3.32. The second-order valence-corrected chi connectivity index (χ2v) is 7.18. The van der Waals surface area contributed by atoms with E-state index in [4.69, 9.17) is 0 Å². The van der Waals surface area contributed by atoms with E-state index in [1.54, 1.807) is 0 Å². The van der Waals surface area contributed by atoms with Gasteiger partial charge in [-0.3, -0.25) is 14.6 Å². The number of carbonyl (C=O) groups is 1. The average Bonchev–Trinajstić information content (AvgIpc) is 3.19. The number of nitrogens with zero attached hydrogens (tertiary/aromatic N) is 2. The van der Waals surface area contributed by atoms with E-state index >= 15 is 0 Å². The van der Waals surface area contributed by atoms with Gasteiger partial charge in [0.1, 0.15) is 0 Å². The lowest BCUT2D eigenvalue weighted by atomic mass is 9.93. The van der Waals surface area contributed by atoms with Gasteiger partial charge in [0.2, 0.25) is 5.91 Å². The van der Waals surface area contributed by atoms with Crippen LogP contribution in [0.3, 0.4) is 0 Å². The van der Waals surface area contributed by atoms with Crippen molar-refractivity contribution in [1.82, 2.24) is 15.1 Å². The molecule has 4 rings (SSSR count). The average molecular weight is 335 g/mol. The van der Waals surface area contributed by atoms with Crippen LogP contribution in [0.5, 0.6) is 0 Å². The molecular weight excluding hydrogens is 310 g/mol. The van der Waals surface area contributed by atoms with Gasteiger partial charge < -0.3 is 5.32 Å². The van der Waals surface area contributed by atoms with Gasteiger partial charge in [-0.1, -0.05) is 60.7 Å². The van der Waals surface area contributed by atoms with Gasteiger partial charge in [-0.2, -0.15) is 0 Å². The van der Waals surface area contributed by atoms with Gasteiger partial charge in [0, 0.05) is 19.0 Å². The quantitative estimate of drug-likeness (QED) is 0.933. The minimum atomic E-state index is 0.188. The summed E-state index contributed by atoms with van der Waals surface area (Å²) >= 11 is 0. The summed E-state index contributed by atoms with van der Waals surface area (Å²) in [5.74, 6) is 0.188. The first-order chi connectivity index (χ1) is 12.2. The fourth-order valence-corrected chi connectivity index (χ4v) is 4.30. The van der Waals surface area contributed by atoms with Crippen molar-refractivity contribution >= 4 is 5.91 Å². The molecule has 2 aromatic rings. The largest absolute Gasteiger partial charge is 0.352 e. The van der Waals surface area contributed by atoms with Crippen LogP contribution in [0.2, 0.25) is 0 Å². The number of amides is 1. The van der Waals surface area contributed by atoms with Crippen LogP contribution in [-0.4, -0.2) is 42.0 Å². The summed E-state index contributed by atoms with van der Waals surface area (Å²) in [7, 11) is 2.20. The zero-order chi connectivity index (χ0) is 17.2. The van der Waals surface area contributed by atoms with Crippen LogP contribution in [-0.2, 0) is 4.79 Å². The van der Waals surface area contributed by atoms with Crippen molar-refractivity contribution in [2.75, 3.05) is 20.3 Å². The second kappa shape index (κ2) is 6.98. The van der Waals surface area contributed by atoms with Crippen LogP contribution in [0.25, 0.3) is 0 Å². The maximum Gasteiger partial charge on any atom is 0.220 e. The van der Waals surface area contributed by atoms with Crippen LogP contribution in [0, 0.1) is 0 Å². The lowest BCUT2D eigenvalue weighted by molar-refractivity contribution is -0.119. The fraction of sp³-hybridized carbons (Fsp3) is 0.381. The summed E-state index contributed by atoms with van der Waals surface area (Å²) in [5.41, 5.74) is 2.68. The Morgan fingerprint density at radius 2 is 1.56 bits per heavy atom. The highest BCUT2D eigenvalue weighted by atomic mass is 16.1. The number of nitrogens with one attached hydrogen (secondary N) is 1. The maximum atomic E-state index is 11.6. The van der Waals surface area contributed by atoms with E-state index in [-0.39, 0.29) is 11.9 Å². The third-order valence-electron chi connectivity index (χ3n) is 5.39. The summed E-state index contributed by atoms with van der Waals surface area (Å²) in [6.45, 7) is 1.81. The Hall–Kier alpha value is -2.17. The first kappa shape index (κ1) is 16.3. The van der Waals surface area contributed by atoms with Gasteiger partial charge in [-0.25, -0.2) is 0 Å². The monoisotopic (exact) mass is 335 g/mol. The summed E-state index contributed by atoms with van der Waals surface area (Å²) in [6, 6.07) is 22.4. The molecule has 1 N–H and O–H groups in total. The van der Waals surface area contributed by atoms with Crippen LogP contribution >= 0.6 is 0 Å². The molecule has 0 unspecified atom stereocenters. The molecule has 25 heavy (non-hydrogen) atoms. The minimum Gasteiger partial charge on any atom is -0.352 e. The highest BCUT2D eigenvalue weighted by molar-refractivity contribution is 5.78. The van der Waals surface area contributed by atoms with Gasteiger partial charge in [0.05, 0.1) is 18.8 Å². The second-order valence-electron chi connectivity index (χ2n) is 7.18. The van der Waals surface area contributed by atoms with Gasteiger partial charge >= 0.3 is 0 Å². The van der Waals surface area contributed by atoms with Crippen molar-refractivity contribution in [3.8, 4) is 0 Å². The van der Waals surface area contributed by atoms with Gasteiger partial charge in [0.25, 0.3) is 0 Å². The Labute approximate surface area is 149 Å². The SMILES string of the molecule is CN1CN(C[C@@H]2CCC(=O)N2)[C@H](c2ccccc2)[C@H]1c1ccccc1. The molecule has 2 aromatic carbocycles. The molecule has 0 bridgehead atoms. The van der Waals surface area contributed by atoms with Crippen molar-refractivity contribution in [2.45, 2.75) is 31.0 Å². The van der Waals surface area contributed by atoms with Crippen LogP contribution < -0.4 is 5.32 Å². The molecule has 2 aliphatic rings. The fourth-order valence-electron chi connectivity index (χ4n) is 4.30. The summed E-state index contributed by atoms with van der Waals surface area (Å²) in [4.78, 5) is 16.5. The molecule has 4 heteroatoms. The Balaban J connectivity index is 1.65. The Morgan fingerprint density at radius 1 is 0.960 bits per heavy atom. The maximum absolute atomic E-state index is 11.6. The third-order valence-corrected chi connectivity index (χ3v) is 5.39. The van der Waals surface area contributed by atoms with Crippen molar-refractivity contribution in [1.29, 1.82) is 0 Å². The van der Waals surface area contributed by atoms with Crippen LogP contribution in [0.1, 0.15) is 36.1 Å². The van der Waals surface area contributed by atoms with Crippen LogP contribution in [0.15, 0.2) is 60.7 Å². The van der Waals surface area contributed by atoms with E-state index in [2.05, 4.69) is 82.8 Å². The molecular formula is C21H25N3O. The van der Waals surface area contributed by atoms with E-state index in [0.717, 1.165) is 19.6 Å². The van der Waals surface area contributed by atoms with E-state index in [9.17, 15) is 4.79 Å². The molecule has 3 atom stereocenters. The molecule has 130 valence electrons. The van der Waals surface area contributed by atoms with E-state index in [1.165, 1.54) is 11.1 Å². The zero-order valence-electron chi connectivity index (χ0n) is 14.6. The van der Waals surface area contributed by atoms with Gasteiger partial charge in [-0.15, -0.1) is 0 Å². The first-order valence-corrected chi connectivity index (χ1v) is 9.06. The summed E-state index contributed by atoms with van der Waals surface area (Å²) in [5, 5.41) is 3.12. The van der Waals surface area contributed by atoms with Crippen molar-refractivity contribution in [2.24, 2.45) is 0 Å². The standard InChI is InChI=1S/C21H25N3O/c1-23-15-24(14-18-12-13-19(25)22-18)21(17-10-6-3-7-11-17)20(23)16-8-4-2-5-9-16/h2-11,18,20-21H,12-15H2,1H3,(H,22,25)/t18-,20+,21+/m0/s1. The molecule has 2 aliphatic heterocycles. The Kier molecular flexibility index (Phi) is 4.55. The Morgan fingerprint density at radius 3 is 2.12 bits per heavy atom. The predicted molar refractivity (Wildman–Crippen MR) is 98.9 cm³/mol. The Bertz CT molecular complexity index is 718. The predicted octanol–water partition coefficient (Wildman–Crippen LogP) is 2.95. The smallest absolute Gasteiger partial charge is 0.220 e. The lowest BCUT2D eigenvalue weighted by Gasteiger charge is -2.30. The van der Waals surface area contributed by atoms with E-state index in [1.807, 2.05) is 0 Å². The topological polar surface area (TPSA) is 35.6 Å². The number of hydrogen-bond donors (Lipinski definition) is 1. The first-order valence-electron chi connectivity index (χ1n) is 9.06. The number of benzene rings is 2. The highest BCUT2D eigenvalue weighted by Crippen LogP contribution is 2.43. The molecule has 2 fully saturated rings. The van der Waals surface area contributed by atoms with E-state index < -0.39 is 0 Å². The molecule has 2 heterocycles. The number of hydrogen-bond acceptors (Lipinski definition) is 3. The molecule has 4 nitrogen and oxygen atoms in total. The number of rotatable bonds is 4. The van der Waals surface area contributed by atoms with Crippen molar-refractivity contribution < 1.29 is 4.79 Å². The van der Waals surface area contributed by atoms with Crippen LogP contribution in [0.4, 0.5) is 0 Å². The van der Waals surface area contributed by atoms with Gasteiger partial charge in [0.15, 0.2) is 0 Å². The molecule has 0 aromatic heterocycles. The molecule has 0 aliphatic carbocycles. The summed E-state index contributed by atoms with van der Waals surface area (Å²) < 4.78 is 0. The van der Waals surface area contributed by atoms with Crippen molar-refractivity contribution in [3.05, 3.63) is 71.8 Å². The number of likely N-dealkylation sites (N-methyl/N-ethyl adjacent to an activating group) is 1. The minimum absolute atomic E-state index is 0.188. The highest BCUT2D eigenvalue weighted by Gasteiger charge is 2.41. The molecule has 0 spiro atoms. The molecule has 2 saturated heterocycles. The normalized spacial score (nSPS) is 27.6. The lowest BCUT2D eigenvalue weighted by Crippen LogP contribution is -2.39. The molecule has 1 amide bonds. The van der Waals surface area contributed by atoms with Gasteiger partial charge in [-0.05, 0) is 24.6 Å². The zero-order valence-corrected chi connectivity index (χ0v) is 14.6. The van der Waals surface area contributed by atoms with Crippen molar-refractivity contribution in [3.63, 3.8) is 0 Å². The molecule has 0 saturated carbocycles. The number of carbonyl (C=O) groups excluding carboxylic acids is 1. The summed E-state index contributed by atoms with van der Waals surface area (Å²) in [6.07, 6.45) is 1.60. The molecule has 0 radical (unpaired) electrons. The van der Waals surface area contributed by atoms with E-state index in [0.29, 0.717) is 18.5 Å².